The van der Waals surface area contributed by atoms with Crippen LogP contribution >= 0.6 is 0 Å². The van der Waals surface area contributed by atoms with Gasteiger partial charge in [-0.05, 0) is 36.0 Å². The van der Waals surface area contributed by atoms with Gasteiger partial charge in [-0.25, -0.2) is 0 Å². The molecule has 0 radical (unpaired) electrons. The van der Waals surface area contributed by atoms with E-state index in [1.54, 1.807) is 0 Å². The molecule has 1 fully saturated rings. The van der Waals surface area contributed by atoms with Gasteiger partial charge in [-0.15, -0.1) is 0 Å². The lowest BCUT2D eigenvalue weighted by Gasteiger charge is -2.42. The average Bonchev–Trinajstić information content (AvgIpc) is 2.64. The van der Waals surface area contributed by atoms with E-state index in [0.29, 0.717) is 25.6 Å². The highest BCUT2D eigenvalue weighted by atomic mass is 16.6. The molecule has 0 N–H and O–H groups in total. The Morgan fingerprint density at radius 1 is 0.821 bits per heavy atom. The van der Waals surface area contributed by atoms with Crippen molar-refractivity contribution in [1.82, 2.24) is 0 Å². The van der Waals surface area contributed by atoms with E-state index < -0.39 is 5.41 Å². The fourth-order valence-corrected chi connectivity index (χ4v) is 4.71. The standard InChI is InChI=1S/C24H44O4/c1-8-21(20-12-10-9-11-13-20)24(14-17(2)3,22(25)27-15-18(4)5)23(26)28-16-19(6)7/h17-21H,8-16H2,1-7H3. The second-order valence-electron chi connectivity index (χ2n) is 9.97. The minimum atomic E-state index is -1.19. The average molecular weight is 397 g/mol. The maximum absolute atomic E-state index is 13.5. The second-order valence-corrected chi connectivity index (χ2v) is 9.97. The number of carbonyl (C=O) groups excluding carboxylic acids is 2. The van der Waals surface area contributed by atoms with Crippen LogP contribution in [0.1, 0.15) is 93.4 Å². The lowest BCUT2D eigenvalue weighted by Crippen LogP contribution is -2.51. The smallest absolute Gasteiger partial charge is 0.323 e. The number of esters is 2. The van der Waals surface area contributed by atoms with Crippen molar-refractivity contribution < 1.29 is 19.1 Å². The first-order valence-electron chi connectivity index (χ1n) is 11.5. The largest absolute Gasteiger partial charge is 0.465 e. The summed E-state index contributed by atoms with van der Waals surface area (Å²) in [7, 11) is 0. The quantitative estimate of drug-likeness (QED) is 0.316. The lowest BCUT2D eigenvalue weighted by molar-refractivity contribution is -0.183. The molecule has 0 aromatic heterocycles. The Balaban J connectivity index is 3.33. The van der Waals surface area contributed by atoms with Crippen LogP contribution in [0.3, 0.4) is 0 Å². The number of hydrogen-bond donors (Lipinski definition) is 0. The van der Waals surface area contributed by atoms with Gasteiger partial charge in [0.25, 0.3) is 0 Å². The van der Waals surface area contributed by atoms with Crippen LogP contribution in [-0.2, 0) is 19.1 Å². The summed E-state index contributed by atoms with van der Waals surface area (Å²) in [6.45, 7) is 15.0. The summed E-state index contributed by atoms with van der Waals surface area (Å²) < 4.78 is 11.5. The van der Waals surface area contributed by atoms with E-state index in [0.717, 1.165) is 19.3 Å². The van der Waals surface area contributed by atoms with Gasteiger partial charge in [-0.3, -0.25) is 9.59 Å². The molecule has 1 rings (SSSR count). The van der Waals surface area contributed by atoms with Gasteiger partial charge in [0, 0.05) is 0 Å². The molecule has 0 amide bonds. The molecule has 0 bridgehead atoms. The van der Waals surface area contributed by atoms with E-state index in [-0.39, 0.29) is 35.6 Å². The first kappa shape index (κ1) is 25.0. The van der Waals surface area contributed by atoms with E-state index in [9.17, 15) is 9.59 Å². The van der Waals surface area contributed by atoms with Crippen LogP contribution in [0.15, 0.2) is 0 Å². The van der Waals surface area contributed by atoms with Crippen molar-refractivity contribution in [3.05, 3.63) is 0 Å². The molecule has 1 unspecified atom stereocenters. The van der Waals surface area contributed by atoms with E-state index in [2.05, 4.69) is 20.8 Å². The Bertz CT molecular complexity index is 451. The van der Waals surface area contributed by atoms with Gasteiger partial charge in [0.1, 0.15) is 0 Å². The Kier molecular flexibility index (Phi) is 10.5. The molecule has 0 heterocycles. The molecule has 1 aliphatic rings. The predicted molar refractivity (Wildman–Crippen MR) is 114 cm³/mol. The van der Waals surface area contributed by atoms with Crippen LogP contribution < -0.4 is 0 Å². The van der Waals surface area contributed by atoms with Gasteiger partial charge in [0.05, 0.1) is 13.2 Å². The van der Waals surface area contributed by atoms with Crippen LogP contribution in [0.25, 0.3) is 0 Å². The van der Waals surface area contributed by atoms with Crippen LogP contribution in [0, 0.1) is 35.0 Å². The molecular weight excluding hydrogens is 352 g/mol. The summed E-state index contributed by atoms with van der Waals surface area (Å²) in [5.74, 6) is 0.326. The van der Waals surface area contributed by atoms with Gasteiger partial charge in [-0.1, -0.05) is 87.0 Å². The fourth-order valence-electron chi connectivity index (χ4n) is 4.71. The van der Waals surface area contributed by atoms with Gasteiger partial charge in [-0.2, -0.15) is 0 Å². The first-order valence-corrected chi connectivity index (χ1v) is 11.5. The molecule has 4 nitrogen and oxygen atoms in total. The Morgan fingerprint density at radius 2 is 1.29 bits per heavy atom. The van der Waals surface area contributed by atoms with Crippen molar-refractivity contribution in [3.8, 4) is 0 Å². The summed E-state index contributed by atoms with van der Waals surface area (Å²) >= 11 is 0. The molecule has 1 saturated carbocycles. The molecule has 1 atom stereocenters. The van der Waals surface area contributed by atoms with Gasteiger partial charge in [0.2, 0.25) is 0 Å². The Morgan fingerprint density at radius 3 is 1.64 bits per heavy atom. The van der Waals surface area contributed by atoms with Crippen molar-refractivity contribution in [1.29, 1.82) is 0 Å². The molecule has 0 saturated heterocycles. The van der Waals surface area contributed by atoms with Crippen LogP contribution in [-0.4, -0.2) is 25.2 Å². The summed E-state index contributed by atoms with van der Waals surface area (Å²) in [5.41, 5.74) is -1.19. The number of rotatable bonds is 11. The Labute approximate surface area is 173 Å². The van der Waals surface area contributed by atoms with E-state index in [1.165, 1.54) is 19.3 Å². The zero-order chi connectivity index (χ0) is 21.3. The highest BCUT2D eigenvalue weighted by Gasteiger charge is 2.56. The summed E-state index contributed by atoms with van der Waals surface area (Å²) in [6.07, 6.45) is 7.09. The van der Waals surface area contributed by atoms with Crippen molar-refractivity contribution in [3.63, 3.8) is 0 Å². The van der Waals surface area contributed by atoms with Gasteiger partial charge in [0.15, 0.2) is 5.41 Å². The van der Waals surface area contributed by atoms with Gasteiger partial charge < -0.3 is 9.47 Å². The van der Waals surface area contributed by atoms with Crippen molar-refractivity contribution >= 4 is 11.9 Å². The number of carbonyl (C=O) groups is 2. The predicted octanol–water partition coefficient (Wildman–Crippen LogP) is 6.02. The van der Waals surface area contributed by atoms with E-state index in [4.69, 9.17) is 9.47 Å². The maximum Gasteiger partial charge on any atom is 0.323 e. The molecule has 1 aliphatic carbocycles. The van der Waals surface area contributed by atoms with Crippen molar-refractivity contribution in [2.45, 2.75) is 93.4 Å². The zero-order valence-corrected chi connectivity index (χ0v) is 19.4. The topological polar surface area (TPSA) is 52.6 Å². The lowest BCUT2D eigenvalue weighted by atomic mass is 9.61. The summed E-state index contributed by atoms with van der Waals surface area (Å²) in [4.78, 5) is 27.0. The minimum Gasteiger partial charge on any atom is -0.465 e. The van der Waals surface area contributed by atoms with Crippen LogP contribution in [0.4, 0.5) is 0 Å². The van der Waals surface area contributed by atoms with E-state index >= 15 is 0 Å². The fraction of sp³-hybridized carbons (Fsp3) is 0.917. The second kappa shape index (κ2) is 11.8. The summed E-state index contributed by atoms with van der Waals surface area (Å²) in [6, 6.07) is 0. The highest BCUT2D eigenvalue weighted by Crippen LogP contribution is 2.47. The number of hydrogen-bond acceptors (Lipinski definition) is 4. The normalized spacial score (nSPS) is 17.2. The molecule has 0 aliphatic heterocycles. The van der Waals surface area contributed by atoms with Crippen molar-refractivity contribution in [2.24, 2.45) is 35.0 Å². The molecule has 0 spiro atoms. The van der Waals surface area contributed by atoms with Crippen molar-refractivity contribution in [2.75, 3.05) is 13.2 Å². The first-order chi connectivity index (χ1) is 13.1. The third-order valence-electron chi connectivity index (χ3n) is 5.85. The number of ether oxygens (including phenoxy) is 2. The van der Waals surface area contributed by atoms with Crippen LogP contribution in [0.5, 0.6) is 0 Å². The molecule has 164 valence electrons. The molecule has 28 heavy (non-hydrogen) atoms. The third kappa shape index (κ3) is 6.77. The SMILES string of the molecule is CCC(C1CCCCC1)C(CC(C)C)(C(=O)OCC(C)C)C(=O)OCC(C)C. The zero-order valence-electron chi connectivity index (χ0n) is 19.4. The third-order valence-corrected chi connectivity index (χ3v) is 5.85. The molecule has 0 aromatic rings. The Hall–Kier alpha value is -1.06. The molecule has 4 heteroatoms. The molecule has 0 aromatic carbocycles. The molecular formula is C24H44O4. The van der Waals surface area contributed by atoms with Crippen LogP contribution in [0.2, 0.25) is 0 Å². The highest BCUT2D eigenvalue weighted by molar-refractivity contribution is 6.00. The van der Waals surface area contributed by atoms with E-state index in [1.807, 2.05) is 27.7 Å². The minimum absolute atomic E-state index is 0.0190. The van der Waals surface area contributed by atoms with Gasteiger partial charge >= 0.3 is 11.9 Å². The maximum atomic E-state index is 13.5. The summed E-state index contributed by atoms with van der Waals surface area (Å²) in [5, 5.41) is 0. The monoisotopic (exact) mass is 396 g/mol.